The molecule has 0 radical (unpaired) electrons. The lowest BCUT2D eigenvalue weighted by Crippen LogP contribution is -2.33. The number of thioether (sulfide) groups is 1. The van der Waals surface area contributed by atoms with Gasteiger partial charge in [-0.15, -0.1) is 11.8 Å². The van der Waals surface area contributed by atoms with Crippen LogP contribution in [0.5, 0.6) is 5.75 Å². The molecule has 0 fully saturated rings. The molecule has 0 bridgehead atoms. The van der Waals surface area contributed by atoms with Crippen molar-refractivity contribution in [2.24, 2.45) is 0 Å². The number of anilines is 1. The van der Waals surface area contributed by atoms with Gasteiger partial charge in [-0.1, -0.05) is 12.1 Å². The summed E-state index contributed by atoms with van der Waals surface area (Å²) < 4.78 is 5.80. The lowest BCUT2D eigenvalue weighted by Gasteiger charge is -2.25. The van der Waals surface area contributed by atoms with Crippen molar-refractivity contribution in [3.05, 3.63) is 47.7 Å². The van der Waals surface area contributed by atoms with Crippen LogP contribution in [0.3, 0.4) is 0 Å². The number of ketones is 1. The van der Waals surface area contributed by atoms with Crippen LogP contribution < -0.4 is 10.5 Å². The molecule has 1 aliphatic rings. The van der Waals surface area contributed by atoms with Crippen molar-refractivity contribution in [1.82, 2.24) is 4.98 Å². The van der Waals surface area contributed by atoms with E-state index in [1.54, 1.807) is 24.0 Å². The Kier molecular flexibility index (Phi) is 3.36. The molecule has 1 aromatic carbocycles. The molecular weight excluding hydrogens is 272 g/mol. The Morgan fingerprint density at radius 2 is 2.20 bits per heavy atom. The van der Waals surface area contributed by atoms with Crippen LogP contribution in [-0.2, 0) is 0 Å². The monoisotopic (exact) mass is 286 g/mol. The largest absolute Gasteiger partial charge is 0.480 e. The molecule has 4 nitrogen and oxygen atoms in total. The van der Waals surface area contributed by atoms with Gasteiger partial charge in [-0.25, -0.2) is 4.98 Å². The van der Waals surface area contributed by atoms with Crippen molar-refractivity contribution in [3.8, 4) is 5.75 Å². The van der Waals surface area contributed by atoms with Crippen molar-refractivity contribution < 1.29 is 9.53 Å². The number of nitrogens with two attached hydrogens (primary N) is 1. The zero-order valence-corrected chi connectivity index (χ0v) is 11.8. The van der Waals surface area contributed by atoms with E-state index >= 15 is 0 Å². The summed E-state index contributed by atoms with van der Waals surface area (Å²) in [4.78, 5) is 17.7. The van der Waals surface area contributed by atoms with Crippen molar-refractivity contribution in [1.29, 1.82) is 0 Å². The number of ether oxygens (including phenoxy) is 1. The second-order valence-corrected chi connectivity index (χ2v) is 5.68. The standard InChI is InChI=1S/C15H14N2O2S/c1-9-6-7-17-15(16)13(9)14(18)11-8-20-12-5-3-2-4-10(12)19-11/h2-7,11H,8H2,1H3,(H2,16,17). The number of rotatable bonds is 2. The van der Waals surface area contributed by atoms with Crippen LogP contribution in [0.15, 0.2) is 41.4 Å². The lowest BCUT2D eigenvalue weighted by atomic mass is 10.0. The Bertz CT molecular complexity index is 652. The molecule has 3 rings (SSSR count). The molecule has 2 N–H and O–H groups in total. The Balaban J connectivity index is 1.90. The first kappa shape index (κ1) is 13.0. The SMILES string of the molecule is Cc1ccnc(N)c1C(=O)C1CSc2ccccc2O1. The Morgan fingerprint density at radius 3 is 3.00 bits per heavy atom. The molecule has 1 aromatic heterocycles. The fourth-order valence-corrected chi connectivity index (χ4v) is 3.19. The van der Waals surface area contributed by atoms with E-state index in [1.807, 2.05) is 31.2 Å². The number of aromatic nitrogens is 1. The highest BCUT2D eigenvalue weighted by Crippen LogP contribution is 2.36. The molecular formula is C15H14N2O2S. The number of hydrogen-bond acceptors (Lipinski definition) is 5. The van der Waals surface area contributed by atoms with Gasteiger partial charge in [0.15, 0.2) is 6.10 Å². The molecule has 0 amide bonds. The maximum atomic E-state index is 12.6. The van der Waals surface area contributed by atoms with Gasteiger partial charge in [-0.05, 0) is 30.7 Å². The molecule has 5 heteroatoms. The van der Waals surface area contributed by atoms with Gasteiger partial charge in [0.2, 0.25) is 5.78 Å². The number of hydrogen-bond donors (Lipinski definition) is 1. The second kappa shape index (κ2) is 5.17. The normalized spacial score (nSPS) is 17.1. The average Bonchev–Trinajstić information content (AvgIpc) is 2.46. The number of Topliss-reactive ketones (excluding diaryl/α,β-unsaturated/α-hetero) is 1. The number of aryl methyl sites for hydroxylation is 1. The van der Waals surface area contributed by atoms with Crippen molar-refractivity contribution in [3.63, 3.8) is 0 Å². The summed E-state index contributed by atoms with van der Waals surface area (Å²) in [5, 5.41) is 0. The number of carbonyl (C=O) groups is 1. The Morgan fingerprint density at radius 1 is 1.40 bits per heavy atom. The molecule has 20 heavy (non-hydrogen) atoms. The van der Waals surface area contributed by atoms with E-state index in [4.69, 9.17) is 10.5 Å². The molecule has 1 aliphatic heterocycles. The molecule has 0 aliphatic carbocycles. The van der Waals surface area contributed by atoms with Crippen LogP contribution in [0.25, 0.3) is 0 Å². The minimum absolute atomic E-state index is 0.102. The van der Waals surface area contributed by atoms with Gasteiger partial charge in [-0.2, -0.15) is 0 Å². The zero-order valence-electron chi connectivity index (χ0n) is 11.0. The maximum absolute atomic E-state index is 12.6. The molecule has 0 saturated carbocycles. The first-order valence-corrected chi connectivity index (χ1v) is 7.29. The van der Waals surface area contributed by atoms with Gasteiger partial charge in [0.05, 0.1) is 5.56 Å². The third-order valence-electron chi connectivity index (χ3n) is 3.24. The van der Waals surface area contributed by atoms with Gasteiger partial charge in [-0.3, -0.25) is 4.79 Å². The minimum atomic E-state index is -0.514. The molecule has 1 atom stereocenters. The number of nitrogens with zero attached hydrogens (tertiary/aromatic N) is 1. The summed E-state index contributed by atoms with van der Waals surface area (Å²) in [6, 6.07) is 9.51. The lowest BCUT2D eigenvalue weighted by molar-refractivity contribution is 0.0815. The summed E-state index contributed by atoms with van der Waals surface area (Å²) in [5.74, 6) is 1.50. The molecule has 2 heterocycles. The van der Waals surface area contributed by atoms with Gasteiger partial charge < -0.3 is 10.5 Å². The fraction of sp³-hybridized carbons (Fsp3) is 0.200. The van der Waals surface area contributed by atoms with Crippen molar-refractivity contribution >= 4 is 23.4 Å². The van der Waals surface area contributed by atoms with Crippen LogP contribution in [-0.4, -0.2) is 22.6 Å². The molecule has 0 spiro atoms. The van der Waals surface area contributed by atoms with Gasteiger partial charge in [0.1, 0.15) is 11.6 Å². The fourth-order valence-electron chi connectivity index (χ4n) is 2.21. The highest BCUT2D eigenvalue weighted by molar-refractivity contribution is 7.99. The number of pyridine rings is 1. The van der Waals surface area contributed by atoms with Gasteiger partial charge in [0, 0.05) is 16.8 Å². The predicted molar refractivity (Wildman–Crippen MR) is 79.3 cm³/mol. The topological polar surface area (TPSA) is 65.2 Å². The number of nitrogen functional groups attached to an aromatic ring is 1. The summed E-state index contributed by atoms with van der Waals surface area (Å²) in [6.45, 7) is 1.86. The summed E-state index contributed by atoms with van der Waals surface area (Å²) >= 11 is 1.62. The third kappa shape index (κ3) is 2.25. The van der Waals surface area contributed by atoms with Crippen LogP contribution in [0.2, 0.25) is 0 Å². The average molecular weight is 286 g/mol. The maximum Gasteiger partial charge on any atom is 0.208 e. The van der Waals surface area contributed by atoms with Crippen LogP contribution >= 0.6 is 11.8 Å². The van der Waals surface area contributed by atoms with E-state index in [9.17, 15) is 4.79 Å². The smallest absolute Gasteiger partial charge is 0.208 e. The van der Waals surface area contributed by atoms with Crippen LogP contribution in [0.1, 0.15) is 15.9 Å². The quantitative estimate of drug-likeness (QED) is 0.860. The van der Waals surface area contributed by atoms with E-state index in [0.717, 1.165) is 16.2 Å². The van der Waals surface area contributed by atoms with Crippen molar-refractivity contribution in [2.75, 3.05) is 11.5 Å². The minimum Gasteiger partial charge on any atom is -0.480 e. The predicted octanol–water partition coefficient (Wildman–Crippen LogP) is 2.71. The van der Waals surface area contributed by atoms with E-state index in [-0.39, 0.29) is 11.6 Å². The second-order valence-electron chi connectivity index (χ2n) is 4.62. The number of fused-ring (bicyclic) bond motifs is 1. The molecule has 0 saturated heterocycles. The first-order valence-electron chi connectivity index (χ1n) is 6.30. The van der Waals surface area contributed by atoms with E-state index < -0.39 is 6.10 Å². The number of carbonyl (C=O) groups excluding carboxylic acids is 1. The van der Waals surface area contributed by atoms with Crippen LogP contribution in [0.4, 0.5) is 5.82 Å². The highest BCUT2D eigenvalue weighted by Gasteiger charge is 2.29. The number of benzene rings is 1. The van der Waals surface area contributed by atoms with E-state index in [2.05, 4.69) is 4.98 Å². The molecule has 2 aromatic rings. The van der Waals surface area contributed by atoms with Gasteiger partial charge >= 0.3 is 0 Å². The molecule has 1 unspecified atom stereocenters. The van der Waals surface area contributed by atoms with Gasteiger partial charge in [0.25, 0.3) is 0 Å². The summed E-state index contributed by atoms with van der Waals surface area (Å²) in [6.07, 6.45) is 1.09. The zero-order chi connectivity index (χ0) is 14.1. The van der Waals surface area contributed by atoms with Crippen molar-refractivity contribution in [2.45, 2.75) is 17.9 Å². The highest BCUT2D eigenvalue weighted by atomic mass is 32.2. The summed E-state index contributed by atoms with van der Waals surface area (Å²) in [7, 11) is 0. The van der Waals surface area contributed by atoms with E-state index in [0.29, 0.717) is 11.3 Å². The number of para-hydroxylation sites is 1. The Labute approximate surface area is 121 Å². The van der Waals surface area contributed by atoms with Crippen LogP contribution in [0, 0.1) is 6.92 Å². The summed E-state index contributed by atoms with van der Waals surface area (Å²) in [5.41, 5.74) is 7.13. The first-order chi connectivity index (χ1) is 9.66. The van der Waals surface area contributed by atoms with E-state index in [1.165, 1.54) is 0 Å². The Hall–Kier alpha value is -2.01. The molecule has 102 valence electrons. The third-order valence-corrected chi connectivity index (χ3v) is 4.35.